The van der Waals surface area contributed by atoms with Crippen LogP contribution in [0.4, 0.5) is 13.2 Å². The van der Waals surface area contributed by atoms with E-state index in [1.165, 1.54) is 24.4 Å². The zero-order chi connectivity index (χ0) is 26.5. The summed E-state index contributed by atoms with van der Waals surface area (Å²) < 4.78 is 72.4. The van der Waals surface area contributed by atoms with Crippen molar-refractivity contribution in [1.29, 1.82) is 0 Å². The minimum atomic E-state index is -4.23. The molecule has 0 unspecified atom stereocenters. The topological polar surface area (TPSA) is 78.0 Å². The van der Waals surface area contributed by atoms with Crippen LogP contribution >= 0.6 is 0 Å². The maximum absolute atomic E-state index is 15.1. The van der Waals surface area contributed by atoms with Crippen LogP contribution in [-0.2, 0) is 16.4 Å². The Labute approximate surface area is 214 Å². The van der Waals surface area contributed by atoms with E-state index in [-0.39, 0.29) is 44.7 Å². The summed E-state index contributed by atoms with van der Waals surface area (Å²) in [5, 5.41) is 0.0426. The summed E-state index contributed by atoms with van der Waals surface area (Å²) in [7, 11) is -4.23. The third-order valence-corrected chi connectivity index (χ3v) is 8.84. The predicted molar refractivity (Wildman–Crippen MR) is 137 cm³/mol. The van der Waals surface area contributed by atoms with Gasteiger partial charge in [-0.15, -0.1) is 0 Å². The second kappa shape index (κ2) is 9.61. The number of hydrogen-bond donors (Lipinski definition) is 1. The first-order valence-corrected chi connectivity index (χ1v) is 13.7. The minimum absolute atomic E-state index is 0.0385. The van der Waals surface area contributed by atoms with Crippen LogP contribution in [0, 0.1) is 37.2 Å². The Bertz CT molecular complexity index is 1600. The maximum atomic E-state index is 15.1. The molecule has 5 nitrogen and oxygen atoms in total. The van der Waals surface area contributed by atoms with Crippen LogP contribution in [-0.4, -0.2) is 23.4 Å². The van der Waals surface area contributed by atoms with Crippen molar-refractivity contribution in [2.75, 3.05) is 0 Å². The number of nitrogens with two attached hydrogens (primary N) is 1. The predicted octanol–water partition coefficient (Wildman–Crippen LogP) is 6.03. The summed E-state index contributed by atoms with van der Waals surface area (Å²) in [6.45, 7) is 3.46. The molecule has 0 aliphatic heterocycles. The van der Waals surface area contributed by atoms with Crippen LogP contribution in [0.15, 0.2) is 53.6 Å². The van der Waals surface area contributed by atoms with Gasteiger partial charge in [-0.25, -0.2) is 30.5 Å². The van der Waals surface area contributed by atoms with E-state index in [2.05, 4.69) is 4.98 Å². The Morgan fingerprint density at radius 2 is 1.76 bits per heavy atom. The lowest BCUT2D eigenvalue weighted by Gasteiger charge is -2.26. The number of aryl methyl sites for hydroxylation is 2. The first-order valence-electron chi connectivity index (χ1n) is 12.3. The van der Waals surface area contributed by atoms with Crippen molar-refractivity contribution in [3.05, 3.63) is 82.9 Å². The molecule has 0 spiro atoms. The molecule has 2 aromatic heterocycles. The van der Waals surface area contributed by atoms with E-state index < -0.39 is 27.5 Å². The minimum Gasteiger partial charge on any atom is -0.328 e. The summed E-state index contributed by atoms with van der Waals surface area (Å²) in [6, 6.07) is 9.30. The lowest BCUT2D eigenvalue weighted by atomic mass is 9.83. The zero-order valence-corrected chi connectivity index (χ0v) is 21.5. The molecule has 1 fully saturated rings. The van der Waals surface area contributed by atoms with Gasteiger partial charge in [-0.3, -0.25) is 0 Å². The van der Waals surface area contributed by atoms with Crippen LogP contribution in [0.2, 0.25) is 0 Å². The molecule has 4 aromatic rings. The number of nitrogens with zero attached hydrogens (tertiary/aromatic N) is 2. The summed E-state index contributed by atoms with van der Waals surface area (Å²) in [5.74, 6) is -2.16. The van der Waals surface area contributed by atoms with Crippen LogP contribution in [0.3, 0.4) is 0 Å². The van der Waals surface area contributed by atoms with Gasteiger partial charge in [-0.05, 0) is 75.3 Å². The van der Waals surface area contributed by atoms with Crippen molar-refractivity contribution in [2.45, 2.75) is 56.9 Å². The van der Waals surface area contributed by atoms with Crippen molar-refractivity contribution < 1.29 is 21.6 Å². The number of aromatic nitrogens is 2. The number of fused-ring (bicyclic) bond motifs is 1. The van der Waals surface area contributed by atoms with E-state index >= 15 is 4.39 Å². The maximum Gasteiger partial charge on any atom is 0.268 e. The molecule has 9 heteroatoms. The number of benzene rings is 2. The summed E-state index contributed by atoms with van der Waals surface area (Å²) >= 11 is 0. The number of pyridine rings is 1. The van der Waals surface area contributed by atoms with Gasteiger partial charge in [0.2, 0.25) is 0 Å². The lowest BCUT2D eigenvalue weighted by Crippen LogP contribution is -2.29. The third kappa shape index (κ3) is 4.78. The molecule has 2 N–H and O–H groups in total. The van der Waals surface area contributed by atoms with Crippen LogP contribution in [0.5, 0.6) is 0 Å². The Hall–Kier alpha value is -3.17. The van der Waals surface area contributed by atoms with Crippen molar-refractivity contribution >= 4 is 20.9 Å². The Kier molecular flexibility index (Phi) is 6.62. The Morgan fingerprint density at radius 3 is 2.46 bits per heavy atom. The average molecular weight is 528 g/mol. The van der Waals surface area contributed by atoms with E-state index in [9.17, 15) is 17.2 Å². The van der Waals surface area contributed by atoms with Gasteiger partial charge in [-0.2, -0.15) is 0 Å². The molecule has 194 valence electrons. The van der Waals surface area contributed by atoms with E-state index in [4.69, 9.17) is 5.73 Å². The molecule has 1 saturated carbocycles. The second-order valence-corrected chi connectivity index (χ2v) is 11.8. The molecular weight excluding hydrogens is 499 g/mol. The first-order chi connectivity index (χ1) is 17.5. The molecule has 2 aromatic carbocycles. The van der Waals surface area contributed by atoms with E-state index in [1.807, 2.05) is 6.92 Å². The highest BCUT2D eigenvalue weighted by Crippen LogP contribution is 2.37. The van der Waals surface area contributed by atoms with Gasteiger partial charge in [0, 0.05) is 29.3 Å². The number of rotatable bonds is 5. The Balaban J connectivity index is 1.69. The largest absolute Gasteiger partial charge is 0.328 e. The van der Waals surface area contributed by atoms with Crippen molar-refractivity contribution in [1.82, 2.24) is 8.96 Å². The monoisotopic (exact) mass is 527 g/mol. The van der Waals surface area contributed by atoms with Crippen LogP contribution < -0.4 is 5.73 Å². The molecule has 0 radical (unpaired) electrons. The van der Waals surface area contributed by atoms with Gasteiger partial charge in [-0.1, -0.05) is 24.1 Å². The average Bonchev–Trinajstić information content (AvgIpc) is 3.21. The van der Waals surface area contributed by atoms with E-state index in [1.54, 1.807) is 19.1 Å². The normalized spacial score (nSPS) is 18.4. The van der Waals surface area contributed by atoms with Gasteiger partial charge < -0.3 is 5.73 Å². The van der Waals surface area contributed by atoms with Gasteiger partial charge in [0.25, 0.3) is 10.0 Å². The highest BCUT2D eigenvalue weighted by atomic mass is 32.2. The molecule has 5 rings (SSSR count). The molecule has 1 aliphatic carbocycles. The molecule has 2 atom stereocenters. The fourth-order valence-corrected chi connectivity index (χ4v) is 6.65. The molecule has 0 amide bonds. The SMILES string of the molecule is Cc1ccc(S(=O)(=O)n2cc(-c3nc(C[C@@H]4CCC[C@H](N)C4)c(F)cc3C)c3cc(F)cc(F)c32)cc1. The van der Waals surface area contributed by atoms with E-state index in [0.717, 1.165) is 41.3 Å². The number of halogens is 3. The van der Waals surface area contributed by atoms with Crippen molar-refractivity contribution in [3.63, 3.8) is 0 Å². The summed E-state index contributed by atoms with van der Waals surface area (Å²) in [6.07, 6.45) is 5.23. The second-order valence-electron chi connectivity index (χ2n) is 10.0. The molecule has 0 bridgehead atoms. The molecule has 2 heterocycles. The van der Waals surface area contributed by atoms with Gasteiger partial charge >= 0.3 is 0 Å². The highest BCUT2D eigenvalue weighted by Gasteiger charge is 2.27. The van der Waals surface area contributed by atoms with Crippen LogP contribution in [0.1, 0.15) is 42.5 Å². The van der Waals surface area contributed by atoms with Gasteiger partial charge in [0.15, 0.2) is 5.82 Å². The smallest absolute Gasteiger partial charge is 0.268 e. The quantitative estimate of drug-likeness (QED) is 0.344. The fourth-order valence-electron chi connectivity index (χ4n) is 5.27. The molecule has 1 aliphatic rings. The first kappa shape index (κ1) is 25.5. The third-order valence-electron chi connectivity index (χ3n) is 7.16. The summed E-state index contributed by atoms with van der Waals surface area (Å²) in [5.41, 5.74) is 7.84. The fraction of sp³-hybridized carbons (Fsp3) is 0.321. The van der Waals surface area contributed by atoms with Crippen molar-refractivity contribution in [3.8, 4) is 11.3 Å². The van der Waals surface area contributed by atoms with Crippen molar-refractivity contribution in [2.24, 2.45) is 11.7 Å². The molecular formula is C28H28F3N3O2S. The lowest BCUT2D eigenvalue weighted by molar-refractivity contribution is 0.316. The summed E-state index contributed by atoms with van der Waals surface area (Å²) in [4.78, 5) is 4.54. The van der Waals surface area contributed by atoms with Gasteiger partial charge in [0.05, 0.1) is 16.3 Å². The Morgan fingerprint density at radius 1 is 1.03 bits per heavy atom. The molecule has 0 saturated heterocycles. The molecule has 37 heavy (non-hydrogen) atoms. The van der Waals surface area contributed by atoms with Crippen LogP contribution in [0.25, 0.3) is 22.2 Å². The standard InChI is InChI=1S/C28H28F3N3O2S/c1-16-6-8-21(9-7-16)37(35,36)34-15-23(22-13-19(29)14-25(31)28(22)34)27-17(2)10-24(30)26(33-27)12-18-4-3-5-20(32)11-18/h6-10,13-15,18,20H,3-5,11-12,32H2,1-2H3/t18-,20+/m1/s1. The number of hydrogen-bond acceptors (Lipinski definition) is 4. The zero-order valence-electron chi connectivity index (χ0n) is 20.6. The van der Waals surface area contributed by atoms with Gasteiger partial charge in [0.1, 0.15) is 17.2 Å². The van der Waals surface area contributed by atoms with E-state index in [0.29, 0.717) is 18.1 Å². The highest BCUT2D eigenvalue weighted by molar-refractivity contribution is 7.90.